The van der Waals surface area contributed by atoms with Crippen LogP contribution in [-0.4, -0.2) is 64.0 Å². The Morgan fingerprint density at radius 1 is 1.25 bits per heavy atom. The average Bonchev–Trinajstić information content (AvgIpc) is 3.06. The summed E-state index contributed by atoms with van der Waals surface area (Å²) in [6.45, 7) is 6.73. The largest absolute Gasteiger partial charge is 0.370 e. The van der Waals surface area contributed by atoms with E-state index < -0.39 is 0 Å². The van der Waals surface area contributed by atoms with Crippen molar-refractivity contribution >= 4 is 11.8 Å². The van der Waals surface area contributed by atoms with Gasteiger partial charge in [0, 0.05) is 26.2 Å². The zero-order valence-corrected chi connectivity index (χ0v) is 16.0. The van der Waals surface area contributed by atoms with Crippen molar-refractivity contribution in [1.29, 1.82) is 0 Å². The highest BCUT2D eigenvalue weighted by molar-refractivity contribution is 6.05. The Kier molecular flexibility index (Phi) is 4.89. The Labute approximate surface area is 162 Å². The number of halogens is 1. The number of imidazole rings is 1. The van der Waals surface area contributed by atoms with Crippen molar-refractivity contribution < 1.29 is 18.7 Å². The molecule has 28 heavy (non-hydrogen) atoms. The van der Waals surface area contributed by atoms with Crippen molar-refractivity contribution in [1.82, 2.24) is 19.4 Å². The molecule has 2 aliphatic rings. The van der Waals surface area contributed by atoms with Gasteiger partial charge in [0.2, 0.25) is 0 Å². The van der Waals surface area contributed by atoms with E-state index in [2.05, 4.69) is 4.98 Å². The number of rotatable bonds is 3. The number of carbonyl (C=O) groups is 2. The van der Waals surface area contributed by atoms with Crippen LogP contribution in [0.3, 0.4) is 0 Å². The van der Waals surface area contributed by atoms with Gasteiger partial charge >= 0.3 is 0 Å². The molecule has 0 aliphatic carbocycles. The highest BCUT2D eigenvalue weighted by atomic mass is 19.1. The number of amides is 2. The van der Waals surface area contributed by atoms with Crippen LogP contribution in [0.5, 0.6) is 0 Å². The van der Waals surface area contributed by atoms with Gasteiger partial charge in [0.1, 0.15) is 23.4 Å². The fraction of sp³-hybridized carbons (Fsp3) is 0.450. The average molecular weight is 386 g/mol. The molecule has 3 heterocycles. The van der Waals surface area contributed by atoms with Crippen LogP contribution in [-0.2, 0) is 11.3 Å². The Morgan fingerprint density at radius 2 is 2.00 bits per heavy atom. The summed E-state index contributed by atoms with van der Waals surface area (Å²) in [5.74, 6) is -0.0583. The predicted octanol–water partition coefficient (Wildman–Crippen LogP) is 2.02. The fourth-order valence-corrected chi connectivity index (χ4v) is 3.84. The van der Waals surface area contributed by atoms with E-state index in [1.807, 2.05) is 18.4 Å². The Hall–Kier alpha value is -2.74. The summed E-state index contributed by atoms with van der Waals surface area (Å²) in [6, 6.07) is 6.09. The molecule has 1 unspecified atom stereocenters. The minimum Gasteiger partial charge on any atom is -0.370 e. The monoisotopic (exact) mass is 386 g/mol. The molecule has 4 rings (SSSR count). The molecule has 0 N–H and O–H groups in total. The van der Waals surface area contributed by atoms with E-state index in [1.165, 1.54) is 12.1 Å². The van der Waals surface area contributed by atoms with E-state index in [0.717, 1.165) is 5.56 Å². The molecule has 1 fully saturated rings. The second-order valence-corrected chi connectivity index (χ2v) is 7.05. The van der Waals surface area contributed by atoms with Crippen LogP contribution in [0.4, 0.5) is 4.39 Å². The van der Waals surface area contributed by atoms with Crippen molar-refractivity contribution in [2.45, 2.75) is 26.5 Å². The molecular formula is C20H23FN4O3. The number of carbonyl (C=O) groups excluding carboxylic acids is 2. The third kappa shape index (κ3) is 3.17. The summed E-state index contributed by atoms with van der Waals surface area (Å²) in [5, 5.41) is 0. The lowest BCUT2D eigenvalue weighted by atomic mass is 10.1. The van der Waals surface area contributed by atoms with Gasteiger partial charge in [0.25, 0.3) is 11.8 Å². The normalized spacial score (nSPS) is 19.7. The van der Waals surface area contributed by atoms with Crippen molar-refractivity contribution in [3.05, 3.63) is 52.9 Å². The highest BCUT2D eigenvalue weighted by Gasteiger charge is 2.35. The third-order valence-electron chi connectivity index (χ3n) is 5.42. The zero-order valence-electron chi connectivity index (χ0n) is 16.0. The molecule has 0 radical (unpaired) electrons. The molecule has 1 atom stereocenters. The second kappa shape index (κ2) is 7.35. The molecule has 7 nitrogen and oxygen atoms in total. The topological polar surface area (TPSA) is 67.7 Å². The van der Waals surface area contributed by atoms with Crippen molar-refractivity contribution in [2.75, 3.05) is 32.8 Å². The Balaban J connectivity index is 1.60. The number of aromatic nitrogens is 2. The van der Waals surface area contributed by atoms with E-state index in [4.69, 9.17) is 4.74 Å². The summed E-state index contributed by atoms with van der Waals surface area (Å²) < 4.78 is 20.8. The van der Waals surface area contributed by atoms with Crippen LogP contribution in [0.1, 0.15) is 45.4 Å². The molecule has 2 amide bonds. The van der Waals surface area contributed by atoms with Gasteiger partial charge in [-0.15, -0.1) is 0 Å². The summed E-state index contributed by atoms with van der Waals surface area (Å²) >= 11 is 0. The molecule has 2 aromatic rings. The molecule has 148 valence electrons. The molecule has 0 bridgehead atoms. The number of benzene rings is 1. The minimum absolute atomic E-state index is 0.152. The first-order valence-corrected chi connectivity index (χ1v) is 9.52. The van der Waals surface area contributed by atoms with E-state index in [1.54, 1.807) is 21.9 Å². The SMILES string of the molecule is CCN1CCn2c(C)nc(C(=O)N3CCOC(c4ccc(F)cc4)C3)c2C1=O. The maximum atomic E-state index is 13.2. The van der Waals surface area contributed by atoms with Crippen LogP contribution in [0.2, 0.25) is 0 Å². The summed E-state index contributed by atoms with van der Waals surface area (Å²) in [7, 11) is 0. The number of ether oxygens (including phenoxy) is 1. The fourth-order valence-electron chi connectivity index (χ4n) is 3.84. The van der Waals surface area contributed by atoms with Crippen molar-refractivity contribution in [3.8, 4) is 0 Å². The van der Waals surface area contributed by atoms with Crippen molar-refractivity contribution in [2.24, 2.45) is 0 Å². The van der Waals surface area contributed by atoms with Crippen LogP contribution < -0.4 is 0 Å². The lowest BCUT2D eigenvalue weighted by Gasteiger charge is -2.33. The number of morpholine rings is 1. The van der Waals surface area contributed by atoms with Gasteiger partial charge < -0.3 is 19.1 Å². The Bertz CT molecular complexity index is 909. The van der Waals surface area contributed by atoms with Gasteiger partial charge in [-0.05, 0) is 31.5 Å². The Morgan fingerprint density at radius 3 is 2.71 bits per heavy atom. The molecule has 0 spiro atoms. The first-order valence-electron chi connectivity index (χ1n) is 9.52. The lowest BCUT2D eigenvalue weighted by Crippen LogP contribution is -2.44. The number of hydrogen-bond donors (Lipinski definition) is 0. The summed E-state index contributed by atoms with van der Waals surface area (Å²) in [5.41, 5.74) is 1.40. The van der Waals surface area contributed by atoms with Crippen molar-refractivity contribution in [3.63, 3.8) is 0 Å². The van der Waals surface area contributed by atoms with Crippen LogP contribution in [0, 0.1) is 12.7 Å². The summed E-state index contributed by atoms with van der Waals surface area (Å²) in [6.07, 6.45) is -0.333. The molecule has 1 aromatic heterocycles. The van der Waals surface area contributed by atoms with E-state index in [-0.39, 0.29) is 29.4 Å². The minimum atomic E-state index is -0.333. The van der Waals surface area contributed by atoms with Gasteiger partial charge in [-0.2, -0.15) is 0 Å². The number of likely N-dealkylation sites (N-methyl/N-ethyl adjacent to an activating group) is 1. The van der Waals surface area contributed by atoms with Gasteiger partial charge in [0.05, 0.1) is 13.2 Å². The van der Waals surface area contributed by atoms with E-state index in [9.17, 15) is 14.0 Å². The van der Waals surface area contributed by atoms with Crippen LogP contribution >= 0.6 is 0 Å². The first kappa shape index (κ1) is 18.6. The molecule has 0 saturated carbocycles. The van der Waals surface area contributed by atoms with Crippen LogP contribution in [0.25, 0.3) is 0 Å². The second-order valence-electron chi connectivity index (χ2n) is 7.05. The van der Waals surface area contributed by atoms with Gasteiger partial charge in [-0.3, -0.25) is 9.59 Å². The molecule has 1 saturated heterocycles. The standard InChI is InChI=1S/C20H23FN4O3/c1-3-23-8-9-25-13(2)22-17(18(25)20(23)27)19(26)24-10-11-28-16(12-24)14-4-6-15(21)7-5-14/h4-7,16H,3,8-12H2,1-2H3. The van der Waals surface area contributed by atoms with Gasteiger partial charge in [0.15, 0.2) is 5.69 Å². The number of fused-ring (bicyclic) bond motifs is 1. The third-order valence-corrected chi connectivity index (χ3v) is 5.42. The number of hydrogen-bond acceptors (Lipinski definition) is 4. The van der Waals surface area contributed by atoms with E-state index >= 15 is 0 Å². The quantitative estimate of drug-likeness (QED) is 0.810. The summed E-state index contributed by atoms with van der Waals surface area (Å²) in [4.78, 5) is 33.9. The molecule has 8 heteroatoms. The lowest BCUT2D eigenvalue weighted by molar-refractivity contribution is -0.0230. The van der Waals surface area contributed by atoms with Gasteiger partial charge in [-0.1, -0.05) is 12.1 Å². The smallest absolute Gasteiger partial charge is 0.275 e. The first-order chi connectivity index (χ1) is 13.5. The number of aryl methyl sites for hydroxylation is 1. The zero-order chi connectivity index (χ0) is 19.8. The maximum Gasteiger partial charge on any atom is 0.275 e. The molecule has 2 aliphatic heterocycles. The van der Waals surface area contributed by atoms with Gasteiger partial charge in [-0.25, -0.2) is 9.37 Å². The maximum absolute atomic E-state index is 13.2. The predicted molar refractivity (Wildman–Crippen MR) is 99.5 cm³/mol. The highest BCUT2D eigenvalue weighted by Crippen LogP contribution is 2.25. The van der Waals surface area contributed by atoms with E-state index in [0.29, 0.717) is 50.8 Å². The molecular weight excluding hydrogens is 363 g/mol. The van der Waals surface area contributed by atoms with Crippen LogP contribution in [0.15, 0.2) is 24.3 Å². The number of nitrogens with zero attached hydrogens (tertiary/aromatic N) is 4. The molecule has 1 aromatic carbocycles.